The molecule has 24 heavy (non-hydrogen) atoms. The molecule has 0 unspecified atom stereocenters. The largest absolute Gasteiger partial charge is 0.374 e. The number of carbonyl (C=O) groups is 3. The third-order valence-corrected chi connectivity index (χ3v) is 3.38. The number of amides is 2. The zero-order valence-corrected chi connectivity index (χ0v) is 12.3. The molecule has 2 aromatic rings. The first-order chi connectivity index (χ1) is 11.6. The topological polar surface area (TPSA) is 87.5 Å². The van der Waals surface area contributed by atoms with Crippen molar-refractivity contribution in [3.8, 4) is 6.07 Å². The van der Waals surface area contributed by atoms with Gasteiger partial charge in [-0.15, -0.1) is 0 Å². The third-order valence-electron chi connectivity index (χ3n) is 3.38. The number of fused-ring (bicyclic) bond motifs is 1. The van der Waals surface area contributed by atoms with Crippen molar-refractivity contribution >= 4 is 23.9 Å². The second-order valence-corrected chi connectivity index (χ2v) is 4.91. The van der Waals surface area contributed by atoms with Crippen LogP contribution < -0.4 is 0 Å². The molecule has 0 spiro atoms. The molecule has 0 aromatic heterocycles. The molecule has 1 aliphatic heterocycles. The fraction of sp³-hybridized carbons (Fsp3) is 0. The Hall–Kier alpha value is -3.72. The monoisotopic (exact) mass is 318 g/mol. The number of imide groups is 1. The van der Waals surface area contributed by atoms with Crippen LogP contribution in [0.5, 0.6) is 0 Å². The first kappa shape index (κ1) is 15.2. The van der Waals surface area contributed by atoms with E-state index < -0.39 is 17.8 Å². The Kier molecular flexibility index (Phi) is 3.91. The Bertz CT molecular complexity index is 875. The van der Waals surface area contributed by atoms with Crippen LogP contribution in [0.4, 0.5) is 0 Å². The van der Waals surface area contributed by atoms with Gasteiger partial charge in [-0.05, 0) is 23.8 Å². The predicted molar refractivity (Wildman–Crippen MR) is 83.1 cm³/mol. The quantitative estimate of drug-likeness (QED) is 0.492. The number of benzene rings is 2. The van der Waals surface area contributed by atoms with Crippen molar-refractivity contribution in [2.45, 2.75) is 0 Å². The summed E-state index contributed by atoms with van der Waals surface area (Å²) >= 11 is 0. The fourth-order valence-corrected chi connectivity index (χ4v) is 2.23. The van der Waals surface area contributed by atoms with Crippen molar-refractivity contribution in [3.05, 3.63) is 76.9 Å². The lowest BCUT2D eigenvalue weighted by Gasteiger charge is -2.12. The maximum atomic E-state index is 12.1. The lowest BCUT2D eigenvalue weighted by Crippen LogP contribution is -2.33. The van der Waals surface area contributed by atoms with Crippen LogP contribution in [0.3, 0.4) is 0 Å². The van der Waals surface area contributed by atoms with Gasteiger partial charge in [0.05, 0.1) is 11.1 Å². The van der Waals surface area contributed by atoms with Crippen molar-refractivity contribution in [2.24, 2.45) is 0 Å². The number of nitrogens with zero attached hydrogens (tertiary/aromatic N) is 2. The van der Waals surface area contributed by atoms with Crippen LogP contribution in [0.1, 0.15) is 26.3 Å². The van der Waals surface area contributed by atoms with E-state index in [1.54, 1.807) is 48.5 Å². The lowest BCUT2D eigenvalue weighted by molar-refractivity contribution is -0.162. The van der Waals surface area contributed by atoms with E-state index >= 15 is 0 Å². The molecule has 0 N–H and O–H groups in total. The summed E-state index contributed by atoms with van der Waals surface area (Å²) in [6.07, 6.45) is 1.32. The molecule has 6 heteroatoms. The summed E-state index contributed by atoms with van der Waals surface area (Å²) in [6, 6.07) is 16.5. The molecular formula is C18H10N2O4. The standard InChI is InChI=1S/C18H10N2O4/c19-11-13(10-12-6-2-1-3-7-12)18(23)24-20-16(21)14-8-4-5-9-15(14)17(20)22/h1-10H/b13-10+. The summed E-state index contributed by atoms with van der Waals surface area (Å²) in [6.45, 7) is 0. The lowest BCUT2D eigenvalue weighted by atomic mass is 10.1. The Morgan fingerprint density at radius 1 is 0.958 bits per heavy atom. The van der Waals surface area contributed by atoms with Crippen LogP contribution in [0, 0.1) is 11.3 Å². The summed E-state index contributed by atoms with van der Waals surface area (Å²) in [4.78, 5) is 41.2. The molecular weight excluding hydrogens is 308 g/mol. The van der Waals surface area contributed by atoms with Gasteiger partial charge in [-0.25, -0.2) is 4.79 Å². The number of hydroxylamine groups is 2. The molecule has 0 saturated carbocycles. The summed E-state index contributed by atoms with van der Waals surface area (Å²) in [5.74, 6) is -2.54. The summed E-state index contributed by atoms with van der Waals surface area (Å²) in [5.41, 5.74) is 0.604. The molecule has 6 nitrogen and oxygen atoms in total. The van der Waals surface area contributed by atoms with Crippen LogP contribution >= 0.6 is 0 Å². The van der Waals surface area contributed by atoms with Gasteiger partial charge in [-0.1, -0.05) is 47.5 Å². The van der Waals surface area contributed by atoms with Gasteiger partial charge < -0.3 is 4.84 Å². The van der Waals surface area contributed by atoms with E-state index in [9.17, 15) is 14.4 Å². The number of nitriles is 1. The highest BCUT2D eigenvalue weighted by Gasteiger charge is 2.39. The van der Waals surface area contributed by atoms with Crippen LogP contribution in [-0.4, -0.2) is 22.8 Å². The van der Waals surface area contributed by atoms with E-state index in [0.717, 1.165) is 0 Å². The summed E-state index contributed by atoms with van der Waals surface area (Å²) in [7, 11) is 0. The highest BCUT2D eigenvalue weighted by molar-refractivity contribution is 6.21. The van der Waals surface area contributed by atoms with Crippen molar-refractivity contribution in [1.82, 2.24) is 5.06 Å². The van der Waals surface area contributed by atoms with E-state index in [-0.39, 0.29) is 16.7 Å². The first-order valence-corrected chi connectivity index (χ1v) is 6.99. The summed E-state index contributed by atoms with van der Waals surface area (Å²) in [5, 5.41) is 9.51. The van der Waals surface area contributed by atoms with Gasteiger partial charge in [0.2, 0.25) is 0 Å². The van der Waals surface area contributed by atoms with Crippen molar-refractivity contribution in [2.75, 3.05) is 0 Å². The third kappa shape index (κ3) is 2.66. The van der Waals surface area contributed by atoms with Gasteiger partial charge in [0.15, 0.2) is 0 Å². The smallest absolute Gasteiger partial charge is 0.323 e. The average molecular weight is 318 g/mol. The minimum atomic E-state index is -1.07. The first-order valence-electron chi connectivity index (χ1n) is 6.99. The van der Waals surface area contributed by atoms with E-state index in [0.29, 0.717) is 10.6 Å². The van der Waals surface area contributed by atoms with Gasteiger partial charge >= 0.3 is 5.97 Å². The summed E-state index contributed by atoms with van der Waals surface area (Å²) < 4.78 is 0. The minimum Gasteiger partial charge on any atom is -0.323 e. The fourth-order valence-electron chi connectivity index (χ4n) is 2.23. The van der Waals surface area contributed by atoms with Crippen LogP contribution in [-0.2, 0) is 9.63 Å². The average Bonchev–Trinajstić information content (AvgIpc) is 2.86. The zero-order valence-electron chi connectivity index (χ0n) is 12.3. The Balaban J connectivity index is 1.83. The van der Waals surface area contributed by atoms with Gasteiger partial charge in [-0.2, -0.15) is 5.26 Å². The minimum absolute atomic E-state index is 0.154. The van der Waals surface area contributed by atoms with Crippen molar-refractivity contribution < 1.29 is 19.2 Å². The molecule has 116 valence electrons. The van der Waals surface area contributed by atoms with Gasteiger partial charge in [0.25, 0.3) is 11.8 Å². The molecule has 0 bridgehead atoms. The van der Waals surface area contributed by atoms with Crippen LogP contribution in [0.2, 0.25) is 0 Å². The molecule has 3 rings (SSSR count). The second kappa shape index (κ2) is 6.18. The Morgan fingerprint density at radius 3 is 2.04 bits per heavy atom. The highest BCUT2D eigenvalue weighted by Crippen LogP contribution is 2.23. The number of hydrogen-bond acceptors (Lipinski definition) is 5. The maximum Gasteiger partial charge on any atom is 0.374 e. The Morgan fingerprint density at radius 2 is 1.50 bits per heavy atom. The zero-order chi connectivity index (χ0) is 17.1. The number of rotatable bonds is 3. The van der Waals surface area contributed by atoms with Gasteiger partial charge in [0, 0.05) is 0 Å². The predicted octanol–water partition coefficient (Wildman–Crippen LogP) is 2.35. The van der Waals surface area contributed by atoms with Crippen molar-refractivity contribution in [3.63, 3.8) is 0 Å². The number of carbonyl (C=O) groups excluding carboxylic acids is 3. The molecule has 1 aliphatic rings. The van der Waals surface area contributed by atoms with E-state index in [1.807, 2.05) is 0 Å². The molecule has 0 fully saturated rings. The molecule has 2 aromatic carbocycles. The second-order valence-electron chi connectivity index (χ2n) is 4.91. The van der Waals surface area contributed by atoms with Gasteiger partial charge in [0.1, 0.15) is 11.6 Å². The molecule has 2 amide bonds. The van der Waals surface area contributed by atoms with Crippen molar-refractivity contribution in [1.29, 1.82) is 5.26 Å². The molecule has 0 radical (unpaired) electrons. The van der Waals surface area contributed by atoms with E-state index in [2.05, 4.69) is 0 Å². The van der Waals surface area contributed by atoms with Crippen LogP contribution in [0.25, 0.3) is 6.08 Å². The molecule has 0 aliphatic carbocycles. The normalized spacial score (nSPS) is 13.5. The molecule has 0 atom stereocenters. The number of hydrogen-bond donors (Lipinski definition) is 0. The van der Waals surface area contributed by atoms with E-state index in [4.69, 9.17) is 10.1 Å². The highest BCUT2D eigenvalue weighted by atomic mass is 16.7. The van der Waals surface area contributed by atoms with Gasteiger partial charge in [-0.3, -0.25) is 9.59 Å². The SMILES string of the molecule is N#C/C(=C\c1ccccc1)C(=O)ON1C(=O)c2ccccc2C1=O. The Labute approximate surface area is 137 Å². The van der Waals surface area contributed by atoms with E-state index in [1.165, 1.54) is 18.2 Å². The van der Waals surface area contributed by atoms with Crippen LogP contribution in [0.15, 0.2) is 60.2 Å². The molecule has 1 heterocycles. The maximum absolute atomic E-state index is 12.1. The molecule has 0 saturated heterocycles.